The van der Waals surface area contributed by atoms with E-state index in [4.69, 9.17) is 0 Å². The first-order valence-electron chi connectivity index (χ1n) is 10.2. The average molecular weight is 446 g/mol. The van der Waals surface area contributed by atoms with E-state index in [1.165, 1.54) is 11.9 Å². The summed E-state index contributed by atoms with van der Waals surface area (Å²) in [6, 6.07) is 13.9. The van der Waals surface area contributed by atoms with Crippen molar-refractivity contribution in [2.45, 2.75) is 39.8 Å². The van der Waals surface area contributed by atoms with Gasteiger partial charge in [0.25, 0.3) is 0 Å². The van der Waals surface area contributed by atoms with Crippen molar-refractivity contribution in [3.63, 3.8) is 0 Å². The molecule has 0 aliphatic rings. The number of likely N-dealkylation sites (N-methyl/N-ethyl adjacent to an activating group) is 1. The zero-order valence-corrected chi connectivity index (χ0v) is 19.6. The van der Waals surface area contributed by atoms with Gasteiger partial charge in [-0.1, -0.05) is 54.4 Å². The van der Waals surface area contributed by atoms with Crippen LogP contribution in [0.1, 0.15) is 30.0 Å². The Bertz CT molecular complexity index is 1020. The lowest BCUT2D eigenvalue weighted by Gasteiger charge is -2.32. The third kappa shape index (κ3) is 6.55. The van der Waals surface area contributed by atoms with Crippen molar-refractivity contribution in [3.8, 4) is 0 Å². The highest BCUT2D eigenvalue weighted by Crippen LogP contribution is 2.20. The largest absolute Gasteiger partial charge is 0.357 e. The molecule has 8 heteroatoms. The van der Waals surface area contributed by atoms with Crippen LogP contribution in [0.3, 0.4) is 0 Å². The Morgan fingerprint density at radius 1 is 1.03 bits per heavy atom. The van der Waals surface area contributed by atoms with Gasteiger partial charge in [-0.15, -0.1) is 0 Å². The molecule has 0 saturated heterocycles. The summed E-state index contributed by atoms with van der Waals surface area (Å²) in [4.78, 5) is 27.3. The molecule has 2 rings (SSSR count). The number of anilines is 1. The van der Waals surface area contributed by atoms with Crippen LogP contribution in [0.5, 0.6) is 0 Å². The van der Waals surface area contributed by atoms with Gasteiger partial charge in [-0.05, 0) is 38.0 Å². The highest BCUT2D eigenvalue weighted by Gasteiger charge is 2.31. The van der Waals surface area contributed by atoms with E-state index in [0.29, 0.717) is 12.1 Å². The zero-order chi connectivity index (χ0) is 23.2. The number of nitrogens with one attached hydrogen (secondary N) is 1. The lowest BCUT2D eigenvalue weighted by atomic mass is 10.1. The van der Waals surface area contributed by atoms with E-state index in [1.54, 1.807) is 24.3 Å². The molecule has 0 bridgehead atoms. The number of hydrogen-bond acceptors (Lipinski definition) is 4. The van der Waals surface area contributed by atoms with Crippen LogP contribution in [0.25, 0.3) is 0 Å². The second-order valence-corrected chi connectivity index (χ2v) is 9.56. The smallest absolute Gasteiger partial charge is 0.244 e. The number of sulfonamides is 1. The first-order valence-corrected chi connectivity index (χ1v) is 12.0. The van der Waals surface area contributed by atoms with Crippen LogP contribution >= 0.6 is 0 Å². The monoisotopic (exact) mass is 445 g/mol. The van der Waals surface area contributed by atoms with Crippen molar-refractivity contribution in [2.75, 3.05) is 24.2 Å². The molecule has 0 aliphatic carbocycles. The number of benzene rings is 2. The standard InChI is InChI=1S/C23H31N3O4S/c1-6-21(23(28)24-4)25(15-19-9-7-8-18(3)14-19)22(27)16-26(31(5,29)30)20-12-10-17(2)11-13-20/h7-14,21H,6,15-16H2,1-5H3,(H,24,28)/t21-/m0/s1. The van der Waals surface area contributed by atoms with Crippen LogP contribution in [0.4, 0.5) is 5.69 Å². The predicted molar refractivity (Wildman–Crippen MR) is 123 cm³/mol. The molecule has 2 aromatic carbocycles. The lowest BCUT2D eigenvalue weighted by Crippen LogP contribution is -2.51. The second kappa shape index (κ2) is 10.4. The Balaban J connectivity index is 2.41. The number of hydrogen-bond donors (Lipinski definition) is 1. The van der Waals surface area contributed by atoms with Crippen molar-refractivity contribution in [1.82, 2.24) is 10.2 Å². The topological polar surface area (TPSA) is 86.8 Å². The zero-order valence-electron chi connectivity index (χ0n) is 18.8. The fourth-order valence-corrected chi connectivity index (χ4v) is 4.27. The average Bonchev–Trinajstić information content (AvgIpc) is 2.71. The summed E-state index contributed by atoms with van der Waals surface area (Å²) in [7, 11) is -2.19. The van der Waals surface area contributed by atoms with Crippen LogP contribution in [-0.4, -0.2) is 51.0 Å². The molecule has 2 amide bonds. The minimum atomic E-state index is -3.71. The van der Waals surface area contributed by atoms with E-state index in [0.717, 1.165) is 27.3 Å². The second-order valence-electron chi connectivity index (χ2n) is 7.65. The van der Waals surface area contributed by atoms with Gasteiger partial charge in [0.15, 0.2) is 0 Å². The van der Waals surface area contributed by atoms with Crippen LogP contribution in [0.15, 0.2) is 48.5 Å². The van der Waals surface area contributed by atoms with Gasteiger partial charge in [0.2, 0.25) is 21.8 Å². The first kappa shape index (κ1) is 24.4. The first-order chi connectivity index (χ1) is 14.6. The van der Waals surface area contributed by atoms with Gasteiger partial charge in [0.1, 0.15) is 12.6 Å². The van der Waals surface area contributed by atoms with Gasteiger partial charge in [-0.3, -0.25) is 13.9 Å². The fraction of sp³-hybridized carbons (Fsp3) is 0.391. The Morgan fingerprint density at radius 2 is 1.68 bits per heavy atom. The number of aryl methyl sites for hydroxylation is 2. The molecule has 0 saturated carbocycles. The maximum atomic E-state index is 13.4. The summed E-state index contributed by atoms with van der Waals surface area (Å²) < 4.78 is 26.0. The Hall–Kier alpha value is -2.87. The Labute approximate surface area is 185 Å². The quantitative estimate of drug-likeness (QED) is 0.643. The highest BCUT2D eigenvalue weighted by atomic mass is 32.2. The van der Waals surface area contributed by atoms with E-state index in [-0.39, 0.29) is 19.0 Å². The molecule has 31 heavy (non-hydrogen) atoms. The van der Waals surface area contributed by atoms with Crippen molar-refractivity contribution >= 4 is 27.5 Å². The normalized spacial score (nSPS) is 12.2. The van der Waals surface area contributed by atoms with Gasteiger partial charge in [-0.2, -0.15) is 0 Å². The molecule has 7 nitrogen and oxygen atoms in total. The molecule has 0 radical (unpaired) electrons. The van der Waals surface area contributed by atoms with Gasteiger partial charge in [0.05, 0.1) is 11.9 Å². The SMILES string of the molecule is CC[C@@H](C(=O)NC)N(Cc1cccc(C)c1)C(=O)CN(c1ccc(C)cc1)S(C)(=O)=O. The minimum absolute atomic E-state index is 0.206. The summed E-state index contributed by atoms with van der Waals surface area (Å²) in [6.07, 6.45) is 1.47. The molecule has 168 valence electrons. The van der Waals surface area contributed by atoms with Gasteiger partial charge < -0.3 is 10.2 Å². The Kier molecular flexibility index (Phi) is 8.21. The van der Waals surface area contributed by atoms with Crippen molar-refractivity contribution in [1.29, 1.82) is 0 Å². The molecule has 0 fully saturated rings. The summed E-state index contributed by atoms with van der Waals surface area (Å²) >= 11 is 0. The van der Waals surface area contributed by atoms with E-state index >= 15 is 0 Å². The molecular formula is C23H31N3O4S. The third-order valence-electron chi connectivity index (χ3n) is 5.07. The van der Waals surface area contributed by atoms with Crippen LogP contribution in [0.2, 0.25) is 0 Å². The minimum Gasteiger partial charge on any atom is -0.357 e. The van der Waals surface area contributed by atoms with E-state index in [9.17, 15) is 18.0 Å². The summed E-state index contributed by atoms with van der Waals surface area (Å²) in [5, 5.41) is 2.61. The maximum Gasteiger partial charge on any atom is 0.244 e. The van der Waals surface area contributed by atoms with Gasteiger partial charge in [-0.25, -0.2) is 8.42 Å². The summed E-state index contributed by atoms with van der Waals surface area (Å²) in [5.41, 5.74) is 3.30. The van der Waals surface area contributed by atoms with Gasteiger partial charge >= 0.3 is 0 Å². The predicted octanol–water partition coefficient (Wildman–Crippen LogP) is 2.62. The van der Waals surface area contributed by atoms with E-state index in [1.807, 2.05) is 45.0 Å². The number of amides is 2. The van der Waals surface area contributed by atoms with Crippen molar-refractivity contribution < 1.29 is 18.0 Å². The number of rotatable bonds is 9. The Morgan fingerprint density at radius 3 is 2.19 bits per heavy atom. The molecule has 0 unspecified atom stereocenters. The van der Waals surface area contributed by atoms with Crippen molar-refractivity contribution in [2.24, 2.45) is 0 Å². The lowest BCUT2D eigenvalue weighted by molar-refractivity contribution is -0.140. The molecule has 0 aromatic heterocycles. The van der Waals surface area contributed by atoms with Crippen LogP contribution in [0, 0.1) is 13.8 Å². The van der Waals surface area contributed by atoms with Crippen LogP contribution < -0.4 is 9.62 Å². The van der Waals surface area contributed by atoms with Gasteiger partial charge in [0, 0.05) is 13.6 Å². The van der Waals surface area contributed by atoms with Crippen molar-refractivity contribution in [3.05, 3.63) is 65.2 Å². The van der Waals surface area contributed by atoms with E-state index in [2.05, 4.69) is 5.32 Å². The van der Waals surface area contributed by atoms with Crippen LogP contribution in [-0.2, 0) is 26.2 Å². The highest BCUT2D eigenvalue weighted by molar-refractivity contribution is 7.92. The molecule has 0 aliphatic heterocycles. The summed E-state index contributed by atoms with van der Waals surface area (Å²) in [6.45, 7) is 5.50. The molecule has 0 spiro atoms. The molecule has 2 aromatic rings. The van der Waals surface area contributed by atoms with E-state index < -0.39 is 22.0 Å². The molecule has 1 atom stereocenters. The summed E-state index contributed by atoms with van der Waals surface area (Å²) in [5.74, 6) is -0.729. The third-order valence-corrected chi connectivity index (χ3v) is 6.21. The number of carbonyl (C=O) groups is 2. The fourth-order valence-electron chi connectivity index (χ4n) is 3.42. The molecule has 0 heterocycles. The maximum absolute atomic E-state index is 13.4. The number of carbonyl (C=O) groups excluding carboxylic acids is 2. The molecular weight excluding hydrogens is 414 g/mol. The number of nitrogens with zero attached hydrogens (tertiary/aromatic N) is 2. The molecule has 1 N–H and O–H groups in total.